The SMILES string of the molecule is CNC(=O)NCCCCc1cccc(OC)c1. The van der Waals surface area contributed by atoms with E-state index in [4.69, 9.17) is 4.74 Å². The fourth-order valence-corrected chi connectivity index (χ4v) is 1.57. The molecular formula is C13H20N2O2. The van der Waals surface area contributed by atoms with E-state index < -0.39 is 0 Å². The van der Waals surface area contributed by atoms with E-state index in [0.717, 1.165) is 25.0 Å². The minimum absolute atomic E-state index is 0.119. The van der Waals surface area contributed by atoms with Crippen LogP contribution in [0.25, 0.3) is 0 Å². The number of methoxy groups -OCH3 is 1. The molecule has 4 nitrogen and oxygen atoms in total. The van der Waals surface area contributed by atoms with Gasteiger partial charge in [-0.05, 0) is 37.0 Å². The summed E-state index contributed by atoms with van der Waals surface area (Å²) >= 11 is 0. The number of aryl methyl sites for hydroxylation is 1. The third kappa shape index (κ3) is 5.24. The van der Waals surface area contributed by atoms with E-state index in [1.165, 1.54) is 5.56 Å². The Bertz CT molecular complexity index is 353. The number of benzene rings is 1. The smallest absolute Gasteiger partial charge is 0.314 e. The fraction of sp³-hybridized carbons (Fsp3) is 0.462. The monoisotopic (exact) mass is 236 g/mol. The first-order chi connectivity index (χ1) is 8.26. The highest BCUT2D eigenvalue weighted by Crippen LogP contribution is 2.14. The summed E-state index contributed by atoms with van der Waals surface area (Å²) < 4.78 is 5.16. The molecule has 1 aromatic rings. The van der Waals surface area contributed by atoms with Crippen molar-refractivity contribution in [3.8, 4) is 5.75 Å². The van der Waals surface area contributed by atoms with Gasteiger partial charge in [-0.1, -0.05) is 12.1 Å². The average molecular weight is 236 g/mol. The van der Waals surface area contributed by atoms with Crippen LogP contribution in [0.5, 0.6) is 5.75 Å². The number of hydrogen-bond acceptors (Lipinski definition) is 2. The van der Waals surface area contributed by atoms with E-state index >= 15 is 0 Å². The third-order valence-electron chi connectivity index (χ3n) is 2.54. The number of rotatable bonds is 6. The minimum Gasteiger partial charge on any atom is -0.497 e. The Morgan fingerprint density at radius 2 is 2.18 bits per heavy atom. The second kappa shape index (κ2) is 7.54. The Morgan fingerprint density at radius 3 is 2.88 bits per heavy atom. The fourth-order valence-electron chi connectivity index (χ4n) is 1.57. The molecule has 2 amide bonds. The lowest BCUT2D eigenvalue weighted by Gasteiger charge is -2.05. The van der Waals surface area contributed by atoms with Crippen molar-refractivity contribution in [2.24, 2.45) is 0 Å². The molecule has 0 spiro atoms. The van der Waals surface area contributed by atoms with E-state index in [1.54, 1.807) is 14.2 Å². The van der Waals surface area contributed by atoms with Crippen LogP contribution in [0.1, 0.15) is 18.4 Å². The summed E-state index contributed by atoms with van der Waals surface area (Å²) in [6.45, 7) is 0.712. The number of unbranched alkanes of at least 4 members (excludes halogenated alkanes) is 1. The summed E-state index contributed by atoms with van der Waals surface area (Å²) in [7, 11) is 3.29. The topological polar surface area (TPSA) is 50.4 Å². The third-order valence-corrected chi connectivity index (χ3v) is 2.54. The van der Waals surface area contributed by atoms with Crippen molar-refractivity contribution in [3.63, 3.8) is 0 Å². The highest BCUT2D eigenvalue weighted by atomic mass is 16.5. The molecule has 0 heterocycles. The molecule has 0 bridgehead atoms. The lowest BCUT2D eigenvalue weighted by atomic mass is 10.1. The molecule has 0 aliphatic heterocycles. The van der Waals surface area contributed by atoms with E-state index in [9.17, 15) is 4.79 Å². The molecule has 0 radical (unpaired) electrons. The maximum absolute atomic E-state index is 10.9. The normalized spacial score (nSPS) is 9.76. The number of ether oxygens (including phenoxy) is 1. The first-order valence-electron chi connectivity index (χ1n) is 5.84. The van der Waals surface area contributed by atoms with E-state index in [1.807, 2.05) is 18.2 Å². The number of urea groups is 1. The molecule has 94 valence electrons. The Balaban J connectivity index is 2.19. The predicted molar refractivity (Wildman–Crippen MR) is 68.4 cm³/mol. The molecule has 0 saturated heterocycles. The molecule has 0 saturated carbocycles. The lowest BCUT2D eigenvalue weighted by molar-refractivity contribution is 0.242. The van der Waals surface area contributed by atoms with Gasteiger partial charge >= 0.3 is 6.03 Å². The largest absolute Gasteiger partial charge is 0.497 e. The zero-order chi connectivity index (χ0) is 12.5. The first-order valence-corrected chi connectivity index (χ1v) is 5.84. The molecule has 1 aromatic carbocycles. The summed E-state index contributed by atoms with van der Waals surface area (Å²) in [6.07, 6.45) is 3.04. The Kier molecular flexibility index (Phi) is 5.93. The number of carbonyl (C=O) groups is 1. The molecular weight excluding hydrogens is 216 g/mol. The summed E-state index contributed by atoms with van der Waals surface area (Å²) in [6, 6.07) is 7.96. The number of amides is 2. The molecule has 2 N–H and O–H groups in total. The Hall–Kier alpha value is -1.71. The van der Waals surface area contributed by atoms with Gasteiger partial charge in [-0.15, -0.1) is 0 Å². The lowest BCUT2D eigenvalue weighted by Crippen LogP contribution is -2.33. The molecule has 17 heavy (non-hydrogen) atoms. The molecule has 0 aliphatic rings. The second-order valence-electron chi connectivity index (χ2n) is 3.81. The summed E-state index contributed by atoms with van der Waals surface area (Å²) in [4.78, 5) is 10.9. The van der Waals surface area contributed by atoms with Crippen LogP contribution >= 0.6 is 0 Å². The zero-order valence-corrected chi connectivity index (χ0v) is 10.5. The number of nitrogens with one attached hydrogen (secondary N) is 2. The minimum atomic E-state index is -0.119. The van der Waals surface area contributed by atoms with Gasteiger partial charge in [0.2, 0.25) is 0 Å². The molecule has 0 fully saturated rings. The van der Waals surface area contributed by atoms with Crippen molar-refractivity contribution >= 4 is 6.03 Å². The molecule has 1 rings (SSSR count). The van der Waals surface area contributed by atoms with Crippen LogP contribution in [0.4, 0.5) is 4.79 Å². The predicted octanol–water partition coefficient (Wildman–Crippen LogP) is 1.95. The zero-order valence-electron chi connectivity index (χ0n) is 10.5. The van der Waals surface area contributed by atoms with Crippen molar-refractivity contribution in [2.45, 2.75) is 19.3 Å². The maximum atomic E-state index is 10.9. The number of hydrogen-bond donors (Lipinski definition) is 2. The summed E-state index contributed by atoms with van der Waals surface area (Å²) in [5.41, 5.74) is 1.27. The first kappa shape index (κ1) is 13.4. The average Bonchev–Trinajstić information content (AvgIpc) is 2.38. The van der Waals surface area contributed by atoms with Gasteiger partial charge in [-0.3, -0.25) is 0 Å². The van der Waals surface area contributed by atoms with Crippen LogP contribution in [-0.4, -0.2) is 26.7 Å². The van der Waals surface area contributed by atoms with E-state index in [-0.39, 0.29) is 6.03 Å². The van der Waals surface area contributed by atoms with Gasteiger partial charge in [0.05, 0.1) is 7.11 Å². The van der Waals surface area contributed by atoms with Gasteiger partial charge in [0.1, 0.15) is 5.75 Å². The highest BCUT2D eigenvalue weighted by molar-refractivity contribution is 5.73. The highest BCUT2D eigenvalue weighted by Gasteiger charge is 1.97. The van der Waals surface area contributed by atoms with Gasteiger partial charge in [0.25, 0.3) is 0 Å². The molecule has 0 atom stereocenters. The van der Waals surface area contributed by atoms with Gasteiger partial charge in [-0.25, -0.2) is 4.79 Å². The van der Waals surface area contributed by atoms with Crippen LogP contribution in [0.15, 0.2) is 24.3 Å². The van der Waals surface area contributed by atoms with Gasteiger partial charge in [0.15, 0.2) is 0 Å². The molecule has 0 aromatic heterocycles. The molecule has 0 unspecified atom stereocenters. The van der Waals surface area contributed by atoms with Crippen molar-refractivity contribution in [1.82, 2.24) is 10.6 Å². The summed E-state index contributed by atoms with van der Waals surface area (Å²) in [5, 5.41) is 5.29. The van der Waals surface area contributed by atoms with E-state index in [0.29, 0.717) is 6.54 Å². The standard InChI is InChI=1S/C13H20N2O2/c1-14-13(16)15-9-4-3-6-11-7-5-8-12(10-11)17-2/h5,7-8,10H,3-4,6,9H2,1-2H3,(H2,14,15,16). The molecule has 4 heteroatoms. The molecule has 0 aliphatic carbocycles. The van der Waals surface area contributed by atoms with Crippen LogP contribution in [0, 0.1) is 0 Å². The van der Waals surface area contributed by atoms with Crippen molar-refractivity contribution in [2.75, 3.05) is 20.7 Å². The number of carbonyl (C=O) groups excluding carboxylic acids is 1. The van der Waals surface area contributed by atoms with Crippen molar-refractivity contribution < 1.29 is 9.53 Å². The van der Waals surface area contributed by atoms with Gasteiger partial charge in [-0.2, -0.15) is 0 Å². The van der Waals surface area contributed by atoms with E-state index in [2.05, 4.69) is 16.7 Å². The van der Waals surface area contributed by atoms with Gasteiger partial charge in [0, 0.05) is 13.6 Å². The van der Waals surface area contributed by atoms with Crippen LogP contribution in [-0.2, 0) is 6.42 Å². The quantitative estimate of drug-likeness (QED) is 0.742. The van der Waals surface area contributed by atoms with Crippen LogP contribution in [0.2, 0.25) is 0 Å². The van der Waals surface area contributed by atoms with Crippen LogP contribution in [0.3, 0.4) is 0 Å². The van der Waals surface area contributed by atoms with Crippen molar-refractivity contribution in [1.29, 1.82) is 0 Å². The second-order valence-corrected chi connectivity index (χ2v) is 3.81. The van der Waals surface area contributed by atoms with Gasteiger partial charge < -0.3 is 15.4 Å². The maximum Gasteiger partial charge on any atom is 0.314 e. The Labute approximate surface area is 102 Å². The van der Waals surface area contributed by atoms with Crippen LogP contribution < -0.4 is 15.4 Å². The Morgan fingerprint density at radius 1 is 1.35 bits per heavy atom. The summed E-state index contributed by atoms with van der Waals surface area (Å²) in [5.74, 6) is 0.894. The van der Waals surface area contributed by atoms with Crippen molar-refractivity contribution in [3.05, 3.63) is 29.8 Å².